The minimum absolute atomic E-state index is 0.274. The van der Waals surface area contributed by atoms with Crippen LogP contribution in [0.1, 0.15) is 17.3 Å². The van der Waals surface area contributed by atoms with E-state index in [2.05, 4.69) is 5.32 Å². The smallest absolute Gasteiger partial charge is 0.339 e. The number of rotatable bonds is 7. The number of hydrogen-bond donors (Lipinski definition) is 1. The largest absolute Gasteiger partial charge is 0.493 e. The number of anilines is 1. The topological polar surface area (TPSA) is 86.8 Å². The van der Waals surface area contributed by atoms with Gasteiger partial charge in [0, 0.05) is 26.7 Å². The highest BCUT2D eigenvalue weighted by Crippen LogP contribution is 2.33. The molecular weight excluding hydrogens is 503 g/mol. The third-order valence-electron chi connectivity index (χ3n) is 5.40. The Bertz CT molecular complexity index is 1440. The number of para-hydroxylation sites is 1. The van der Waals surface area contributed by atoms with Gasteiger partial charge in [-0.1, -0.05) is 41.4 Å². The van der Waals surface area contributed by atoms with Crippen LogP contribution in [0.15, 0.2) is 66.7 Å². The van der Waals surface area contributed by atoms with Crippen LogP contribution >= 0.6 is 23.2 Å². The number of nitrogens with one attached hydrogen (secondary N) is 1. The van der Waals surface area contributed by atoms with Gasteiger partial charge in [-0.05, 0) is 55.5 Å². The van der Waals surface area contributed by atoms with Crippen LogP contribution in [0.4, 0.5) is 5.69 Å². The predicted octanol–water partition coefficient (Wildman–Crippen LogP) is 6.41. The summed E-state index contributed by atoms with van der Waals surface area (Å²) < 4.78 is 16.2. The number of carbonyl (C=O) groups excluding carboxylic acids is 2. The molecule has 0 aliphatic carbocycles. The van der Waals surface area contributed by atoms with Crippen LogP contribution in [0.5, 0.6) is 11.5 Å². The van der Waals surface area contributed by atoms with Gasteiger partial charge in [0.1, 0.15) is 0 Å². The van der Waals surface area contributed by atoms with Crippen molar-refractivity contribution < 1.29 is 23.8 Å². The third-order valence-corrected chi connectivity index (χ3v) is 5.83. The Hall–Kier alpha value is -3.81. The van der Waals surface area contributed by atoms with Crippen molar-refractivity contribution in [1.82, 2.24) is 4.98 Å². The van der Waals surface area contributed by atoms with Crippen molar-refractivity contribution >= 4 is 51.7 Å². The SMILES string of the molecule is COc1ccc(-c2cc(C(=O)O[C@@H](C)C(=O)Nc3cc(Cl)cc(Cl)c3)c3ccccc3n2)cc1OC. The first kappa shape index (κ1) is 25.3. The molecule has 9 heteroatoms. The maximum Gasteiger partial charge on any atom is 0.339 e. The number of carbonyl (C=O) groups is 2. The van der Waals surface area contributed by atoms with Crippen LogP contribution in [-0.4, -0.2) is 37.2 Å². The van der Waals surface area contributed by atoms with Crippen molar-refractivity contribution in [2.75, 3.05) is 19.5 Å². The van der Waals surface area contributed by atoms with Gasteiger partial charge in [0.2, 0.25) is 0 Å². The molecule has 0 bridgehead atoms. The summed E-state index contributed by atoms with van der Waals surface area (Å²) in [5.74, 6) is -0.0924. The molecule has 1 N–H and O–H groups in total. The number of fused-ring (bicyclic) bond motifs is 1. The summed E-state index contributed by atoms with van der Waals surface area (Å²) in [5, 5.41) is 3.99. The molecule has 7 nitrogen and oxygen atoms in total. The molecule has 1 heterocycles. The molecule has 0 fully saturated rings. The monoisotopic (exact) mass is 524 g/mol. The van der Waals surface area contributed by atoms with Crippen LogP contribution < -0.4 is 14.8 Å². The highest BCUT2D eigenvalue weighted by Gasteiger charge is 2.22. The van der Waals surface area contributed by atoms with Crippen molar-refractivity contribution in [2.45, 2.75) is 13.0 Å². The van der Waals surface area contributed by atoms with Gasteiger partial charge < -0.3 is 19.5 Å². The first-order chi connectivity index (χ1) is 17.3. The Morgan fingerprint density at radius 2 is 1.58 bits per heavy atom. The van der Waals surface area contributed by atoms with E-state index in [0.717, 1.165) is 5.56 Å². The molecule has 0 saturated carbocycles. The van der Waals surface area contributed by atoms with Gasteiger partial charge in [-0.25, -0.2) is 9.78 Å². The van der Waals surface area contributed by atoms with Crippen LogP contribution in [0.3, 0.4) is 0 Å². The number of halogens is 2. The van der Waals surface area contributed by atoms with E-state index in [1.54, 1.807) is 68.8 Å². The summed E-state index contributed by atoms with van der Waals surface area (Å²) in [6.07, 6.45) is -1.09. The van der Waals surface area contributed by atoms with Crippen LogP contribution in [0.2, 0.25) is 10.0 Å². The lowest BCUT2D eigenvalue weighted by Gasteiger charge is -2.16. The molecule has 36 heavy (non-hydrogen) atoms. The van der Waals surface area contributed by atoms with E-state index in [9.17, 15) is 9.59 Å². The maximum absolute atomic E-state index is 13.2. The number of methoxy groups -OCH3 is 2. The maximum atomic E-state index is 13.2. The summed E-state index contributed by atoms with van der Waals surface area (Å²) in [6.45, 7) is 1.48. The Morgan fingerprint density at radius 3 is 2.28 bits per heavy atom. The van der Waals surface area contributed by atoms with Crippen LogP contribution in [-0.2, 0) is 9.53 Å². The zero-order valence-corrected chi connectivity index (χ0v) is 21.2. The third kappa shape index (κ3) is 5.53. The number of amides is 1. The molecule has 1 atom stereocenters. The Morgan fingerprint density at radius 1 is 0.889 bits per heavy atom. The van der Waals surface area contributed by atoms with Crippen LogP contribution in [0.25, 0.3) is 22.2 Å². The molecule has 4 aromatic rings. The number of hydrogen-bond acceptors (Lipinski definition) is 6. The standard InChI is InChI=1S/C27H22Cl2N2O5/c1-15(26(32)30-19-12-17(28)11-18(29)13-19)36-27(33)21-14-23(31-22-7-5-4-6-20(21)22)16-8-9-24(34-2)25(10-16)35-3/h4-15H,1-3H3,(H,30,32)/t15-/m0/s1. The Balaban J connectivity index is 1.63. The molecule has 3 aromatic carbocycles. The van der Waals surface area contributed by atoms with Crippen molar-refractivity contribution in [3.05, 3.63) is 82.3 Å². The Kier molecular flexibility index (Phi) is 7.62. The average Bonchev–Trinajstić information content (AvgIpc) is 2.86. The number of aromatic nitrogens is 1. The minimum Gasteiger partial charge on any atom is -0.493 e. The van der Waals surface area contributed by atoms with E-state index in [1.807, 2.05) is 12.1 Å². The summed E-state index contributed by atoms with van der Waals surface area (Å²) >= 11 is 12.0. The van der Waals surface area contributed by atoms with Gasteiger partial charge in [-0.3, -0.25) is 4.79 Å². The fourth-order valence-corrected chi connectivity index (χ4v) is 4.16. The van der Waals surface area contributed by atoms with Gasteiger partial charge in [-0.2, -0.15) is 0 Å². The van der Waals surface area contributed by atoms with E-state index < -0.39 is 18.0 Å². The second kappa shape index (κ2) is 10.8. The van der Waals surface area contributed by atoms with Crippen molar-refractivity contribution in [2.24, 2.45) is 0 Å². The molecular formula is C27H22Cl2N2O5. The summed E-state index contributed by atoms with van der Waals surface area (Å²) in [7, 11) is 3.10. The van der Waals surface area contributed by atoms with E-state index >= 15 is 0 Å². The fraction of sp³-hybridized carbons (Fsp3) is 0.148. The van der Waals surface area contributed by atoms with Crippen molar-refractivity contribution in [3.8, 4) is 22.8 Å². The second-order valence-corrected chi connectivity index (χ2v) is 8.71. The van der Waals surface area contributed by atoms with E-state index in [1.165, 1.54) is 6.92 Å². The molecule has 0 aliphatic rings. The molecule has 1 amide bonds. The number of esters is 1. The van der Waals surface area contributed by atoms with Crippen LogP contribution in [0, 0.1) is 0 Å². The minimum atomic E-state index is -1.09. The molecule has 0 radical (unpaired) electrons. The first-order valence-electron chi connectivity index (χ1n) is 10.9. The summed E-state index contributed by atoms with van der Waals surface area (Å²) in [4.78, 5) is 30.6. The number of pyridine rings is 1. The quantitative estimate of drug-likeness (QED) is 0.281. The van der Waals surface area contributed by atoms with E-state index in [4.69, 9.17) is 42.4 Å². The zero-order chi connectivity index (χ0) is 25.8. The van der Waals surface area contributed by atoms with Gasteiger partial charge in [0.25, 0.3) is 5.91 Å². The molecule has 0 aliphatic heterocycles. The highest BCUT2D eigenvalue weighted by molar-refractivity contribution is 6.35. The molecule has 184 valence electrons. The molecule has 0 unspecified atom stereocenters. The molecule has 0 saturated heterocycles. The first-order valence-corrected chi connectivity index (χ1v) is 11.6. The second-order valence-electron chi connectivity index (χ2n) is 7.84. The molecule has 1 aromatic heterocycles. The van der Waals surface area contributed by atoms with E-state index in [-0.39, 0.29) is 5.56 Å². The molecule has 0 spiro atoms. The van der Waals surface area contributed by atoms with Crippen molar-refractivity contribution in [3.63, 3.8) is 0 Å². The lowest BCUT2D eigenvalue weighted by atomic mass is 10.0. The van der Waals surface area contributed by atoms with Gasteiger partial charge >= 0.3 is 5.97 Å². The normalized spacial score (nSPS) is 11.6. The summed E-state index contributed by atoms with van der Waals surface area (Å²) in [5.41, 5.74) is 2.52. The Labute approximate surface area is 217 Å². The van der Waals surface area contributed by atoms with Crippen molar-refractivity contribution in [1.29, 1.82) is 0 Å². The van der Waals surface area contributed by atoms with E-state index in [0.29, 0.717) is 43.8 Å². The van der Waals surface area contributed by atoms with Gasteiger partial charge in [-0.15, -0.1) is 0 Å². The molecule has 4 rings (SSSR count). The number of nitrogens with zero attached hydrogens (tertiary/aromatic N) is 1. The number of ether oxygens (including phenoxy) is 3. The lowest BCUT2D eigenvalue weighted by Crippen LogP contribution is -2.30. The summed E-state index contributed by atoms with van der Waals surface area (Å²) in [6, 6.07) is 18.8. The fourth-order valence-electron chi connectivity index (χ4n) is 3.64. The van der Waals surface area contributed by atoms with Gasteiger partial charge in [0.05, 0.1) is 31.0 Å². The van der Waals surface area contributed by atoms with Gasteiger partial charge in [0.15, 0.2) is 17.6 Å². The predicted molar refractivity (Wildman–Crippen MR) is 140 cm³/mol. The average molecular weight is 525 g/mol. The lowest BCUT2D eigenvalue weighted by molar-refractivity contribution is -0.123. The highest BCUT2D eigenvalue weighted by atomic mass is 35.5. The number of benzene rings is 3. The zero-order valence-electron chi connectivity index (χ0n) is 19.7.